The number of ether oxygens (including phenoxy) is 6. The second kappa shape index (κ2) is 18.2. The summed E-state index contributed by atoms with van der Waals surface area (Å²) in [6.45, 7) is 8.86. The van der Waals surface area contributed by atoms with E-state index in [0.717, 1.165) is 37.2 Å². The van der Waals surface area contributed by atoms with E-state index < -0.39 is 12.2 Å². The summed E-state index contributed by atoms with van der Waals surface area (Å²) in [5.41, 5.74) is 2.46. The van der Waals surface area contributed by atoms with E-state index in [9.17, 15) is 9.59 Å². The smallest absolute Gasteiger partial charge is 0.303 e. The van der Waals surface area contributed by atoms with Crippen LogP contribution in [0, 0.1) is 0 Å². The number of carbonyl (C=O) groups is 2. The molecule has 0 fully saturated rings. The van der Waals surface area contributed by atoms with E-state index in [1.54, 1.807) is 0 Å². The van der Waals surface area contributed by atoms with Crippen LogP contribution in [-0.2, 0) is 41.4 Å². The second-order valence-corrected chi connectivity index (χ2v) is 8.94. The molecule has 0 amide bonds. The number of benzene rings is 2. The molecule has 210 valence electrons. The molecule has 0 heterocycles. The van der Waals surface area contributed by atoms with Crippen molar-refractivity contribution in [1.29, 1.82) is 0 Å². The Balaban J connectivity index is 1.61. The van der Waals surface area contributed by atoms with E-state index in [4.69, 9.17) is 28.4 Å². The van der Waals surface area contributed by atoms with Gasteiger partial charge >= 0.3 is 11.9 Å². The highest BCUT2D eigenvalue weighted by molar-refractivity contribution is 5.66. The highest BCUT2D eigenvalue weighted by Crippen LogP contribution is 2.14. The van der Waals surface area contributed by atoms with Crippen molar-refractivity contribution in [1.82, 2.24) is 0 Å². The van der Waals surface area contributed by atoms with E-state index in [2.05, 4.69) is 13.8 Å². The molecule has 2 aromatic carbocycles. The topological polar surface area (TPSA) is 89.5 Å². The van der Waals surface area contributed by atoms with Gasteiger partial charge in [0.15, 0.2) is 12.2 Å². The van der Waals surface area contributed by atoms with Gasteiger partial charge in [0.1, 0.15) is 24.7 Å². The van der Waals surface area contributed by atoms with Gasteiger partial charge < -0.3 is 28.4 Å². The van der Waals surface area contributed by atoms with Gasteiger partial charge in [0, 0.05) is 27.1 Å². The van der Waals surface area contributed by atoms with Crippen LogP contribution in [0.5, 0.6) is 11.5 Å². The molecule has 0 radical (unpaired) electrons. The molecule has 0 N–H and O–H groups in total. The summed E-state index contributed by atoms with van der Waals surface area (Å²) in [6.07, 6.45) is 2.49. The molecule has 2 unspecified atom stereocenters. The van der Waals surface area contributed by atoms with Crippen LogP contribution in [0.15, 0.2) is 48.5 Å². The standard InChI is InChI=1S/C30H42O8/c1-5-25-9-13-27(14-10-25)35-21-29(37-23(3)31)19-33-17-7-8-18-34-20-30(38-24(4)32)22-36-28-15-11-26(6-2)12-16-28/h9-16,29-30H,5-8,17-22H2,1-4H3. The summed E-state index contributed by atoms with van der Waals surface area (Å²) in [7, 11) is 0. The van der Waals surface area contributed by atoms with Crippen molar-refractivity contribution in [3.8, 4) is 11.5 Å². The number of unbranched alkanes of at least 4 members (excludes halogenated alkanes) is 1. The molecular formula is C30H42O8. The van der Waals surface area contributed by atoms with Gasteiger partial charge in [-0.05, 0) is 61.1 Å². The SMILES string of the molecule is CCc1ccc(OCC(COCCCCOCC(COc2ccc(CC)cc2)OC(C)=O)OC(C)=O)cc1. The lowest BCUT2D eigenvalue weighted by Crippen LogP contribution is -2.29. The van der Waals surface area contributed by atoms with Gasteiger partial charge in [0.25, 0.3) is 0 Å². The van der Waals surface area contributed by atoms with Crippen molar-refractivity contribution in [3.05, 3.63) is 59.7 Å². The molecule has 38 heavy (non-hydrogen) atoms. The first-order chi connectivity index (χ1) is 18.4. The summed E-state index contributed by atoms with van der Waals surface area (Å²) in [6, 6.07) is 15.7. The minimum Gasteiger partial charge on any atom is -0.490 e. The minimum absolute atomic E-state index is 0.219. The Bertz CT molecular complexity index is 849. The Morgan fingerprint density at radius 3 is 1.29 bits per heavy atom. The Hall–Kier alpha value is -3.10. The summed E-state index contributed by atoms with van der Waals surface area (Å²) in [5.74, 6) is 0.703. The quantitative estimate of drug-likeness (QED) is 0.186. The number of esters is 2. The fourth-order valence-electron chi connectivity index (χ4n) is 3.56. The number of aryl methyl sites for hydroxylation is 2. The zero-order valence-electron chi connectivity index (χ0n) is 23.1. The number of rotatable bonds is 19. The Labute approximate surface area is 226 Å². The first kappa shape index (κ1) is 31.1. The van der Waals surface area contributed by atoms with Crippen LogP contribution in [0.3, 0.4) is 0 Å². The number of carbonyl (C=O) groups excluding carboxylic acids is 2. The molecule has 0 bridgehead atoms. The number of hydrogen-bond acceptors (Lipinski definition) is 8. The van der Waals surface area contributed by atoms with Gasteiger partial charge in [0.2, 0.25) is 0 Å². The fraction of sp³-hybridized carbons (Fsp3) is 0.533. The lowest BCUT2D eigenvalue weighted by molar-refractivity contribution is -0.152. The maximum Gasteiger partial charge on any atom is 0.303 e. The average molecular weight is 531 g/mol. The molecule has 2 atom stereocenters. The van der Waals surface area contributed by atoms with Crippen LogP contribution >= 0.6 is 0 Å². The monoisotopic (exact) mass is 530 g/mol. The average Bonchev–Trinajstić information content (AvgIpc) is 2.91. The lowest BCUT2D eigenvalue weighted by Gasteiger charge is -2.19. The van der Waals surface area contributed by atoms with Crippen LogP contribution in [0.1, 0.15) is 51.7 Å². The molecule has 0 aliphatic heterocycles. The van der Waals surface area contributed by atoms with Gasteiger partial charge in [-0.1, -0.05) is 38.1 Å². The molecule has 0 saturated heterocycles. The zero-order valence-corrected chi connectivity index (χ0v) is 23.1. The molecule has 0 spiro atoms. The predicted octanol–water partition coefficient (Wildman–Crippen LogP) is 4.95. The molecule has 0 aromatic heterocycles. The fourth-order valence-corrected chi connectivity index (χ4v) is 3.56. The maximum absolute atomic E-state index is 11.4. The molecule has 0 saturated carbocycles. The zero-order chi connectivity index (χ0) is 27.6. The molecule has 8 nitrogen and oxygen atoms in total. The molecule has 8 heteroatoms. The highest BCUT2D eigenvalue weighted by atomic mass is 16.6. The largest absolute Gasteiger partial charge is 0.490 e. The first-order valence-corrected chi connectivity index (χ1v) is 13.3. The third kappa shape index (κ3) is 13.4. The van der Waals surface area contributed by atoms with Gasteiger partial charge in [-0.2, -0.15) is 0 Å². The van der Waals surface area contributed by atoms with Crippen LogP contribution in [-0.4, -0.2) is 63.8 Å². The third-order valence-corrected chi connectivity index (χ3v) is 5.64. The van der Waals surface area contributed by atoms with Crippen LogP contribution < -0.4 is 9.47 Å². The van der Waals surface area contributed by atoms with Crippen molar-refractivity contribution in [2.45, 2.75) is 65.6 Å². The van der Waals surface area contributed by atoms with Crippen molar-refractivity contribution >= 4 is 11.9 Å². The first-order valence-electron chi connectivity index (χ1n) is 13.3. The van der Waals surface area contributed by atoms with Crippen LogP contribution in [0.25, 0.3) is 0 Å². The number of hydrogen-bond donors (Lipinski definition) is 0. The lowest BCUT2D eigenvalue weighted by atomic mass is 10.2. The van der Waals surface area contributed by atoms with Crippen molar-refractivity contribution in [2.75, 3.05) is 39.6 Å². The third-order valence-electron chi connectivity index (χ3n) is 5.64. The Morgan fingerprint density at radius 1 is 0.605 bits per heavy atom. The second-order valence-electron chi connectivity index (χ2n) is 8.94. The van der Waals surface area contributed by atoms with Gasteiger partial charge in [-0.15, -0.1) is 0 Å². The molecule has 0 aliphatic rings. The Kier molecular flexibility index (Phi) is 14.9. The van der Waals surface area contributed by atoms with E-state index >= 15 is 0 Å². The summed E-state index contributed by atoms with van der Waals surface area (Å²) in [5, 5.41) is 0. The highest BCUT2D eigenvalue weighted by Gasteiger charge is 2.15. The minimum atomic E-state index is -0.489. The molecule has 2 rings (SSSR count). The van der Waals surface area contributed by atoms with E-state index in [1.807, 2.05) is 48.5 Å². The maximum atomic E-state index is 11.4. The van der Waals surface area contributed by atoms with Gasteiger partial charge in [0.05, 0.1) is 13.2 Å². The van der Waals surface area contributed by atoms with E-state index in [1.165, 1.54) is 25.0 Å². The van der Waals surface area contributed by atoms with Crippen LogP contribution in [0.2, 0.25) is 0 Å². The molecular weight excluding hydrogens is 488 g/mol. The van der Waals surface area contributed by atoms with Crippen molar-refractivity contribution in [3.63, 3.8) is 0 Å². The van der Waals surface area contributed by atoms with E-state index in [0.29, 0.717) is 13.2 Å². The summed E-state index contributed by atoms with van der Waals surface area (Å²) >= 11 is 0. The van der Waals surface area contributed by atoms with Crippen molar-refractivity contribution < 1.29 is 38.0 Å². The Morgan fingerprint density at radius 2 is 0.974 bits per heavy atom. The summed E-state index contributed by atoms with van der Waals surface area (Å²) < 4.78 is 33.6. The van der Waals surface area contributed by atoms with Crippen molar-refractivity contribution in [2.24, 2.45) is 0 Å². The molecule has 2 aromatic rings. The van der Waals surface area contributed by atoms with E-state index in [-0.39, 0.29) is 38.4 Å². The predicted molar refractivity (Wildman–Crippen MR) is 145 cm³/mol. The summed E-state index contributed by atoms with van der Waals surface area (Å²) in [4.78, 5) is 22.9. The normalized spacial score (nSPS) is 12.4. The molecule has 0 aliphatic carbocycles. The van der Waals surface area contributed by atoms with Gasteiger partial charge in [-0.25, -0.2) is 0 Å². The van der Waals surface area contributed by atoms with Crippen LogP contribution in [0.4, 0.5) is 0 Å². The van der Waals surface area contributed by atoms with Gasteiger partial charge in [-0.3, -0.25) is 9.59 Å².